The van der Waals surface area contributed by atoms with Crippen molar-refractivity contribution < 1.29 is 26.3 Å². The lowest BCUT2D eigenvalue weighted by Gasteiger charge is -2.14. The summed E-state index contributed by atoms with van der Waals surface area (Å²) in [5.74, 6) is 0.445. The van der Waals surface area contributed by atoms with Gasteiger partial charge in [0.25, 0.3) is 0 Å². The molecule has 0 unspecified atom stereocenters. The van der Waals surface area contributed by atoms with E-state index in [4.69, 9.17) is 4.74 Å². The van der Waals surface area contributed by atoms with Crippen LogP contribution in [0.2, 0.25) is 0 Å². The van der Waals surface area contributed by atoms with E-state index in [9.17, 15) is 21.6 Å². The van der Waals surface area contributed by atoms with Crippen molar-refractivity contribution in [2.24, 2.45) is 0 Å². The average Bonchev–Trinajstić information content (AvgIpc) is 3.21. The maximum atomic E-state index is 12.8. The fourth-order valence-corrected chi connectivity index (χ4v) is 3.79. The molecule has 6 nitrogen and oxygen atoms in total. The zero-order valence-corrected chi connectivity index (χ0v) is 16.9. The van der Waals surface area contributed by atoms with Gasteiger partial charge in [0.2, 0.25) is 10.0 Å². The largest absolute Gasteiger partial charge is 0.457 e. The van der Waals surface area contributed by atoms with Crippen LogP contribution in [0, 0.1) is 0 Å². The van der Waals surface area contributed by atoms with E-state index in [1.807, 2.05) is 12.1 Å². The standard InChI is InChI=1S/C21H16F3N3O3S/c1-25-31(28,29)17-6-7-19(30-16-4-2-15(3-5-16)21(22,23)24)18(11-17)14-10-13-8-9-26-20(13)27-12-14/h2-12,25H,1H3,(H,26,27). The Morgan fingerprint density at radius 3 is 2.45 bits per heavy atom. The second-order valence-electron chi connectivity index (χ2n) is 6.63. The molecule has 2 aromatic carbocycles. The molecule has 2 heterocycles. The highest BCUT2D eigenvalue weighted by atomic mass is 32.2. The van der Waals surface area contributed by atoms with Gasteiger partial charge in [-0.25, -0.2) is 18.1 Å². The van der Waals surface area contributed by atoms with Crippen LogP contribution in [-0.4, -0.2) is 25.4 Å². The minimum absolute atomic E-state index is 0.0129. The monoisotopic (exact) mass is 447 g/mol. The Balaban J connectivity index is 1.79. The minimum Gasteiger partial charge on any atom is -0.457 e. The molecule has 0 aliphatic carbocycles. The average molecular weight is 447 g/mol. The van der Waals surface area contributed by atoms with Crippen molar-refractivity contribution in [3.63, 3.8) is 0 Å². The van der Waals surface area contributed by atoms with Crippen molar-refractivity contribution in [3.05, 3.63) is 72.6 Å². The van der Waals surface area contributed by atoms with Gasteiger partial charge in [0.05, 0.1) is 10.5 Å². The molecule has 10 heteroatoms. The van der Waals surface area contributed by atoms with Crippen molar-refractivity contribution in [2.75, 3.05) is 7.05 Å². The van der Waals surface area contributed by atoms with E-state index < -0.39 is 21.8 Å². The third-order valence-electron chi connectivity index (χ3n) is 4.65. The molecule has 0 amide bonds. The Kier molecular flexibility index (Phi) is 5.19. The molecule has 0 aliphatic rings. The number of nitrogens with zero attached hydrogens (tertiary/aromatic N) is 1. The molecular weight excluding hydrogens is 431 g/mol. The first kappa shape index (κ1) is 20.9. The molecule has 4 rings (SSSR count). The lowest BCUT2D eigenvalue weighted by molar-refractivity contribution is -0.137. The molecule has 0 bridgehead atoms. The summed E-state index contributed by atoms with van der Waals surface area (Å²) >= 11 is 0. The number of hydrogen-bond acceptors (Lipinski definition) is 4. The summed E-state index contributed by atoms with van der Waals surface area (Å²) in [7, 11) is -2.43. The topological polar surface area (TPSA) is 84.1 Å². The SMILES string of the molecule is CNS(=O)(=O)c1ccc(Oc2ccc(C(F)(F)F)cc2)c(-c2cnc3[nH]ccc3c2)c1. The number of alkyl halides is 3. The summed E-state index contributed by atoms with van der Waals surface area (Å²) < 4.78 is 71.0. The van der Waals surface area contributed by atoms with Gasteiger partial charge in [0, 0.05) is 28.9 Å². The summed E-state index contributed by atoms with van der Waals surface area (Å²) in [6, 6.07) is 12.1. The van der Waals surface area contributed by atoms with Gasteiger partial charge in [-0.05, 0) is 61.6 Å². The maximum Gasteiger partial charge on any atom is 0.416 e. The van der Waals surface area contributed by atoms with Crippen LogP contribution in [0.4, 0.5) is 13.2 Å². The van der Waals surface area contributed by atoms with E-state index in [1.54, 1.807) is 12.4 Å². The molecule has 0 saturated carbocycles. The van der Waals surface area contributed by atoms with Gasteiger partial charge >= 0.3 is 6.18 Å². The van der Waals surface area contributed by atoms with E-state index >= 15 is 0 Å². The summed E-state index contributed by atoms with van der Waals surface area (Å²) in [4.78, 5) is 7.30. The van der Waals surface area contributed by atoms with E-state index in [1.165, 1.54) is 37.4 Å². The van der Waals surface area contributed by atoms with E-state index in [2.05, 4.69) is 14.7 Å². The van der Waals surface area contributed by atoms with Gasteiger partial charge in [-0.3, -0.25) is 0 Å². The molecule has 0 fully saturated rings. The number of nitrogens with one attached hydrogen (secondary N) is 2. The Hall–Kier alpha value is -3.37. The van der Waals surface area contributed by atoms with Crippen LogP contribution in [0.15, 0.2) is 71.9 Å². The van der Waals surface area contributed by atoms with Crippen LogP contribution < -0.4 is 9.46 Å². The highest BCUT2D eigenvalue weighted by Crippen LogP contribution is 2.37. The van der Waals surface area contributed by atoms with Gasteiger partial charge in [-0.2, -0.15) is 13.2 Å². The molecule has 0 saturated heterocycles. The van der Waals surface area contributed by atoms with Crippen molar-refractivity contribution >= 4 is 21.1 Å². The molecule has 2 N–H and O–H groups in total. The number of ether oxygens (including phenoxy) is 1. The predicted molar refractivity (Wildman–Crippen MR) is 109 cm³/mol. The Bertz CT molecular complexity index is 1350. The quantitative estimate of drug-likeness (QED) is 0.454. The molecular formula is C21H16F3N3O3S. The summed E-state index contributed by atoms with van der Waals surface area (Å²) in [5, 5.41) is 0.805. The van der Waals surface area contributed by atoms with Crippen molar-refractivity contribution in [3.8, 4) is 22.6 Å². The Morgan fingerprint density at radius 1 is 1.03 bits per heavy atom. The van der Waals surface area contributed by atoms with Crippen LogP contribution >= 0.6 is 0 Å². The van der Waals surface area contributed by atoms with Crippen LogP contribution in [0.25, 0.3) is 22.2 Å². The Labute approximate surface area is 175 Å². The summed E-state index contributed by atoms with van der Waals surface area (Å²) in [6.45, 7) is 0. The fraction of sp³-hybridized carbons (Fsp3) is 0.0952. The molecule has 4 aromatic rings. The third kappa shape index (κ3) is 4.25. The minimum atomic E-state index is -4.45. The number of rotatable bonds is 5. The summed E-state index contributed by atoms with van der Waals surface area (Å²) in [6.07, 6.45) is -1.17. The smallest absolute Gasteiger partial charge is 0.416 e. The molecule has 0 spiro atoms. The molecule has 0 atom stereocenters. The van der Waals surface area contributed by atoms with Crippen molar-refractivity contribution in [2.45, 2.75) is 11.1 Å². The lowest BCUT2D eigenvalue weighted by atomic mass is 10.1. The fourth-order valence-electron chi connectivity index (χ4n) is 3.03. The number of benzene rings is 2. The van der Waals surface area contributed by atoms with Crippen LogP contribution in [-0.2, 0) is 16.2 Å². The number of sulfonamides is 1. The number of hydrogen-bond donors (Lipinski definition) is 2. The van der Waals surface area contributed by atoms with Gasteiger partial charge in [-0.15, -0.1) is 0 Å². The second-order valence-corrected chi connectivity index (χ2v) is 8.52. The van der Waals surface area contributed by atoms with Gasteiger partial charge in [0.1, 0.15) is 17.1 Å². The van der Waals surface area contributed by atoms with Gasteiger partial charge < -0.3 is 9.72 Å². The number of pyridine rings is 1. The highest BCUT2D eigenvalue weighted by molar-refractivity contribution is 7.89. The maximum absolute atomic E-state index is 12.8. The van der Waals surface area contributed by atoms with Crippen LogP contribution in [0.5, 0.6) is 11.5 Å². The zero-order chi connectivity index (χ0) is 22.2. The molecule has 31 heavy (non-hydrogen) atoms. The van der Waals surface area contributed by atoms with Crippen molar-refractivity contribution in [1.82, 2.24) is 14.7 Å². The number of halogens is 3. The number of fused-ring (bicyclic) bond motifs is 1. The number of aromatic nitrogens is 2. The molecule has 160 valence electrons. The molecule has 2 aromatic heterocycles. The first-order valence-electron chi connectivity index (χ1n) is 9.03. The predicted octanol–water partition coefficient (Wildman–Crippen LogP) is 4.95. The van der Waals surface area contributed by atoms with Crippen LogP contribution in [0.3, 0.4) is 0 Å². The van der Waals surface area contributed by atoms with E-state index in [0.29, 0.717) is 16.8 Å². The highest BCUT2D eigenvalue weighted by Gasteiger charge is 2.30. The van der Waals surface area contributed by atoms with Crippen molar-refractivity contribution in [1.29, 1.82) is 0 Å². The normalized spacial score (nSPS) is 12.3. The second kappa shape index (κ2) is 7.71. The van der Waals surface area contributed by atoms with E-state index in [-0.39, 0.29) is 16.4 Å². The Morgan fingerprint density at radius 2 is 1.77 bits per heavy atom. The van der Waals surface area contributed by atoms with Gasteiger partial charge in [0.15, 0.2) is 0 Å². The first-order chi connectivity index (χ1) is 14.7. The molecule has 0 aliphatic heterocycles. The zero-order valence-electron chi connectivity index (χ0n) is 16.1. The number of aromatic amines is 1. The van der Waals surface area contributed by atoms with Crippen LogP contribution in [0.1, 0.15) is 5.56 Å². The first-order valence-corrected chi connectivity index (χ1v) is 10.5. The molecule has 0 radical (unpaired) electrons. The lowest BCUT2D eigenvalue weighted by Crippen LogP contribution is -2.18. The van der Waals surface area contributed by atoms with Gasteiger partial charge in [-0.1, -0.05) is 0 Å². The summed E-state index contributed by atoms with van der Waals surface area (Å²) in [5.41, 5.74) is 0.875. The number of H-pyrrole nitrogens is 1. The third-order valence-corrected chi connectivity index (χ3v) is 6.06. The van der Waals surface area contributed by atoms with E-state index in [0.717, 1.165) is 17.5 Å².